The summed E-state index contributed by atoms with van der Waals surface area (Å²) in [6.45, 7) is 0. The summed E-state index contributed by atoms with van der Waals surface area (Å²) < 4.78 is 0. The highest BCUT2D eigenvalue weighted by atomic mass is 32.2. The lowest BCUT2D eigenvalue weighted by molar-refractivity contribution is 0.793. The highest BCUT2D eigenvalue weighted by Crippen LogP contribution is 2.64. The zero-order valence-corrected chi connectivity index (χ0v) is 28.8. The summed E-state index contributed by atoms with van der Waals surface area (Å²) in [6, 6.07) is 61.2. The maximum absolute atomic E-state index is 2.51. The summed E-state index contributed by atoms with van der Waals surface area (Å²) in [5.41, 5.74) is 17.8. The molecule has 1 unspecified atom stereocenters. The van der Waals surface area contributed by atoms with Crippen molar-refractivity contribution in [2.45, 2.75) is 22.6 Å². The Morgan fingerprint density at radius 2 is 1.10 bits per heavy atom. The van der Waals surface area contributed by atoms with Crippen molar-refractivity contribution < 1.29 is 0 Å². The third-order valence-corrected chi connectivity index (χ3v) is 12.7. The van der Waals surface area contributed by atoms with Crippen molar-refractivity contribution >= 4 is 28.8 Å². The molecule has 0 radical (unpaired) electrons. The fourth-order valence-electron chi connectivity index (χ4n) is 9.30. The first-order chi connectivity index (χ1) is 25.3. The van der Waals surface area contributed by atoms with Crippen LogP contribution < -0.4 is 4.90 Å². The van der Waals surface area contributed by atoms with Gasteiger partial charge in [0, 0.05) is 22.2 Å². The smallest absolute Gasteiger partial charge is 0.0726 e. The summed E-state index contributed by atoms with van der Waals surface area (Å²) in [4.78, 5) is 5.32. The third-order valence-electron chi connectivity index (χ3n) is 11.4. The topological polar surface area (TPSA) is 3.24 Å². The molecule has 1 spiro atoms. The summed E-state index contributed by atoms with van der Waals surface area (Å²) in [7, 11) is 0. The van der Waals surface area contributed by atoms with Crippen molar-refractivity contribution in [2.24, 2.45) is 0 Å². The van der Waals surface area contributed by atoms with Crippen molar-refractivity contribution in [3.8, 4) is 33.4 Å². The Kier molecular flexibility index (Phi) is 6.29. The van der Waals surface area contributed by atoms with Gasteiger partial charge < -0.3 is 4.90 Å². The number of anilines is 3. The molecule has 0 saturated carbocycles. The average Bonchev–Trinajstić information content (AvgIpc) is 3.83. The quantitative estimate of drug-likeness (QED) is 0.184. The SMILES string of the molecule is C1=CCC2C(=C1)Sc1c2cccc1N(c1ccc(-c2ccccc2)cc1)c1ccc2c(c1)C1(c3ccccc3-c3ccccc31)c1ccccc1-2. The van der Waals surface area contributed by atoms with E-state index < -0.39 is 5.41 Å². The summed E-state index contributed by atoms with van der Waals surface area (Å²) in [6.07, 6.45) is 7.90. The van der Waals surface area contributed by atoms with Crippen LogP contribution in [0.4, 0.5) is 17.1 Å². The first-order valence-electron chi connectivity index (χ1n) is 17.9. The molecule has 0 N–H and O–H groups in total. The van der Waals surface area contributed by atoms with Gasteiger partial charge in [0.2, 0.25) is 0 Å². The number of benzene rings is 7. The van der Waals surface area contributed by atoms with Crippen LogP contribution >= 0.6 is 11.8 Å². The molecule has 4 aliphatic rings. The van der Waals surface area contributed by atoms with E-state index in [0.29, 0.717) is 5.92 Å². The molecule has 51 heavy (non-hydrogen) atoms. The lowest BCUT2D eigenvalue weighted by Crippen LogP contribution is -2.26. The normalized spacial score (nSPS) is 16.5. The molecule has 0 saturated heterocycles. The molecular formula is C49H33NS. The molecule has 0 fully saturated rings. The van der Waals surface area contributed by atoms with Crippen LogP contribution in [0.1, 0.15) is 40.2 Å². The molecule has 0 amide bonds. The minimum Gasteiger partial charge on any atom is -0.309 e. The Morgan fingerprint density at radius 3 is 1.78 bits per heavy atom. The van der Waals surface area contributed by atoms with Gasteiger partial charge in [0.05, 0.1) is 11.1 Å². The van der Waals surface area contributed by atoms with Crippen molar-refractivity contribution in [3.63, 3.8) is 0 Å². The Balaban J connectivity index is 1.16. The standard InChI is InChI=1S/C49H33NS/c1-2-13-32(14-3-1)33-25-27-34(28-26-33)50(46-23-12-19-41-40-18-7-11-24-47(40)51-48(41)46)35-29-30-39-38-17-6-10-22-44(38)49(45(39)31-35)42-20-8-4-15-36(42)37-16-5-9-21-43(37)49/h1-17,19-31,40H,18H2. The van der Waals surface area contributed by atoms with E-state index in [2.05, 4.69) is 187 Å². The first-order valence-corrected chi connectivity index (χ1v) is 18.7. The lowest BCUT2D eigenvalue weighted by Gasteiger charge is -2.32. The van der Waals surface area contributed by atoms with E-state index in [1.165, 1.54) is 82.4 Å². The third kappa shape index (κ3) is 4.06. The van der Waals surface area contributed by atoms with Crippen molar-refractivity contribution in [2.75, 3.05) is 4.90 Å². The Hall–Kier alpha value is -5.83. The molecule has 11 rings (SSSR count). The molecule has 1 nitrogen and oxygen atoms in total. The Morgan fingerprint density at radius 1 is 0.510 bits per heavy atom. The molecule has 7 aromatic carbocycles. The van der Waals surface area contributed by atoms with Crippen molar-refractivity contribution in [1.29, 1.82) is 0 Å². The number of rotatable bonds is 4. The van der Waals surface area contributed by atoms with Crippen LogP contribution in [0.5, 0.6) is 0 Å². The van der Waals surface area contributed by atoms with Gasteiger partial charge in [0.25, 0.3) is 0 Å². The van der Waals surface area contributed by atoms with Crippen LogP contribution in [0.3, 0.4) is 0 Å². The minimum absolute atomic E-state index is 0.392. The monoisotopic (exact) mass is 667 g/mol. The van der Waals surface area contributed by atoms with E-state index >= 15 is 0 Å². The molecule has 7 aromatic rings. The molecule has 1 heterocycles. The second kappa shape index (κ2) is 11.1. The number of allylic oxidation sites excluding steroid dienone is 4. The van der Waals surface area contributed by atoms with Crippen molar-refractivity contribution in [1.82, 2.24) is 0 Å². The first kappa shape index (κ1) is 29.0. The zero-order chi connectivity index (χ0) is 33.5. The fourth-order valence-corrected chi connectivity index (χ4v) is 10.6. The number of fused-ring (bicyclic) bond motifs is 13. The van der Waals surface area contributed by atoms with Gasteiger partial charge in [-0.2, -0.15) is 0 Å². The van der Waals surface area contributed by atoms with E-state index in [4.69, 9.17) is 0 Å². The van der Waals surface area contributed by atoms with E-state index in [0.717, 1.165) is 12.1 Å². The molecular weight excluding hydrogens is 635 g/mol. The summed E-state index contributed by atoms with van der Waals surface area (Å²) in [5.74, 6) is 0.432. The lowest BCUT2D eigenvalue weighted by atomic mass is 9.70. The molecule has 0 aromatic heterocycles. The summed E-state index contributed by atoms with van der Waals surface area (Å²) >= 11 is 1.95. The predicted octanol–water partition coefficient (Wildman–Crippen LogP) is 13.2. The average molecular weight is 668 g/mol. The molecule has 1 aliphatic heterocycles. The van der Waals surface area contributed by atoms with Crippen LogP contribution in [-0.4, -0.2) is 0 Å². The number of hydrogen-bond donors (Lipinski definition) is 0. The van der Waals surface area contributed by atoms with E-state index in [-0.39, 0.29) is 0 Å². The maximum Gasteiger partial charge on any atom is 0.0726 e. The minimum atomic E-state index is -0.392. The summed E-state index contributed by atoms with van der Waals surface area (Å²) in [5, 5.41) is 0. The van der Waals surface area contributed by atoms with Gasteiger partial charge >= 0.3 is 0 Å². The fraction of sp³-hybridized carbons (Fsp3) is 0.0612. The van der Waals surface area contributed by atoms with E-state index in [1.54, 1.807) is 0 Å². The van der Waals surface area contributed by atoms with Crippen LogP contribution in [0, 0.1) is 0 Å². The van der Waals surface area contributed by atoms with Gasteiger partial charge in [-0.3, -0.25) is 0 Å². The van der Waals surface area contributed by atoms with Gasteiger partial charge in [-0.05, 0) is 103 Å². The molecule has 2 heteroatoms. The largest absolute Gasteiger partial charge is 0.309 e. The van der Waals surface area contributed by atoms with Crippen LogP contribution in [0.2, 0.25) is 0 Å². The second-order valence-electron chi connectivity index (χ2n) is 13.9. The number of thioether (sulfide) groups is 1. The molecule has 1 atom stereocenters. The number of nitrogens with zero attached hydrogens (tertiary/aromatic N) is 1. The van der Waals surface area contributed by atoms with Gasteiger partial charge in [-0.1, -0.05) is 163 Å². The molecule has 3 aliphatic carbocycles. The van der Waals surface area contributed by atoms with E-state index in [9.17, 15) is 0 Å². The van der Waals surface area contributed by atoms with E-state index in [1.807, 2.05) is 11.8 Å². The van der Waals surface area contributed by atoms with Crippen LogP contribution in [0.15, 0.2) is 192 Å². The van der Waals surface area contributed by atoms with Gasteiger partial charge in [-0.15, -0.1) is 0 Å². The molecule has 0 bridgehead atoms. The van der Waals surface area contributed by atoms with Gasteiger partial charge in [-0.25, -0.2) is 0 Å². The zero-order valence-electron chi connectivity index (χ0n) is 28.0. The number of hydrogen-bond acceptors (Lipinski definition) is 2. The van der Waals surface area contributed by atoms with Crippen LogP contribution in [-0.2, 0) is 5.41 Å². The predicted molar refractivity (Wildman–Crippen MR) is 213 cm³/mol. The van der Waals surface area contributed by atoms with Crippen molar-refractivity contribution in [3.05, 3.63) is 215 Å². The van der Waals surface area contributed by atoms with Gasteiger partial charge in [0.1, 0.15) is 0 Å². The Labute approximate surface area is 303 Å². The van der Waals surface area contributed by atoms with Crippen LogP contribution in [0.25, 0.3) is 33.4 Å². The highest BCUT2D eigenvalue weighted by Gasteiger charge is 2.51. The van der Waals surface area contributed by atoms with Gasteiger partial charge in [0.15, 0.2) is 0 Å². The second-order valence-corrected chi connectivity index (χ2v) is 15.0. The molecule has 240 valence electrons. The highest BCUT2D eigenvalue weighted by molar-refractivity contribution is 8.03. The maximum atomic E-state index is 2.51. The Bertz CT molecular complexity index is 2530.